The summed E-state index contributed by atoms with van der Waals surface area (Å²) in [5, 5.41) is 0.697. The molecule has 1 saturated heterocycles. The van der Waals surface area contributed by atoms with E-state index in [1.165, 1.54) is 12.8 Å². The predicted octanol–water partition coefficient (Wildman–Crippen LogP) is 2.77. The van der Waals surface area contributed by atoms with Crippen molar-refractivity contribution in [1.29, 1.82) is 0 Å². The zero-order valence-corrected chi connectivity index (χ0v) is 13.8. The van der Waals surface area contributed by atoms with E-state index in [4.69, 9.17) is 17.3 Å². The van der Waals surface area contributed by atoms with Gasteiger partial charge in [-0.05, 0) is 37.0 Å². The van der Waals surface area contributed by atoms with E-state index >= 15 is 0 Å². The van der Waals surface area contributed by atoms with Crippen molar-refractivity contribution in [2.45, 2.75) is 26.3 Å². The molecule has 22 heavy (non-hydrogen) atoms. The van der Waals surface area contributed by atoms with Crippen molar-refractivity contribution in [2.24, 2.45) is 23.7 Å². The molecular formula is C16H22ClN5. The van der Waals surface area contributed by atoms with E-state index in [0.29, 0.717) is 23.4 Å². The summed E-state index contributed by atoms with van der Waals surface area (Å²) in [5.41, 5.74) is 8.09. The summed E-state index contributed by atoms with van der Waals surface area (Å²) < 4.78 is 2.04. The van der Waals surface area contributed by atoms with Gasteiger partial charge in [-0.1, -0.05) is 18.5 Å². The summed E-state index contributed by atoms with van der Waals surface area (Å²) in [4.78, 5) is 11.3. The van der Waals surface area contributed by atoms with Crippen molar-refractivity contribution in [1.82, 2.24) is 14.5 Å². The molecule has 118 valence electrons. The highest BCUT2D eigenvalue weighted by atomic mass is 35.5. The minimum absolute atomic E-state index is 0.486. The molecule has 3 rings (SSSR count). The van der Waals surface area contributed by atoms with Crippen LogP contribution in [0.4, 0.5) is 0 Å². The Hall–Kier alpha value is -1.75. The van der Waals surface area contributed by atoms with Crippen molar-refractivity contribution in [3.8, 4) is 0 Å². The summed E-state index contributed by atoms with van der Waals surface area (Å²) in [5.74, 6) is 2.20. The van der Waals surface area contributed by atoms with E-state index in [-0.39, 0.29) is 0 Å². The topological polar surface area (TPSA) is 59.4 Å². The molecule has 0 amide bonds. The highest BCUT2D eigenvalue weighted by Crippen LogP contribution is 2.20. The monoisotopic (exact) mass is 319 g/mol. The maximum atomic E-state index is 6.14. The lowest BCUT2D eigenvalue weighted by Gasteiger charge is -2.31. The molecule has 2 heterocycles. The Morgan fingerprint density at radius 3 is 3.09 bits per heavy atom. The number of hydrogen-bond donors (Lipinski definition) is 1. The summed E-state index contributed by atoms with van der Waals surface area (Å²) in [6.07, 6.45) is 2.46. The number of halogens is 1. The van der Waals surface area contributed by atoms with Crippen molar-refractivity contribution in [3.05, 3.63) is 29.0 Å². The summed E-state index contributed by atoms with van der Waals surface area (Å²) in [6.45, 7) is 4.74. The minimum atomic E-state index is 0.486. The second kappa shape index (κ2) is 6.16. The van der Waals surface area contributed by atoms with E-state index in [1.807, 2.05) is 29.8 Å². The molecule has 1 aliphatic heterocycles. The first-order chi connectivity index (χ1) is 10.5. The third-order valence-corrected chi connectivity index (χ3v) is 4.53. The molecule has 0 saturated carbocycles. The molecule has 1 atom stereocenters. The molecule has 1 aromatic carbocycles. The van der Waals surface area contributed by atoms with E-state index in [2.05, 4.69) is 21.8 Å². The fourth-order valence-corrected chi connectivity index (χ4v) is 3.18. The van der Waals surface area contributed by atoms with Crippen molar-refractivity contribution in [3.63, 3.8) is 0 Å². The average molecular weight is 320 g/mol. The largest absolute Gasteiger partial charge is 0.370 e. The number of rotatable bonds is 2. The van der Waals surface area contributed by atoms with Crippen LogP contribution in [0, 0.1) is 5.92 Å². The molecule has 1 aromatic heterocycles. The molecule has 0 radical (unpaired) electrons. The van der Waals surface area contributed by atoms with Gasteiger partial charge in [0, 0.05) is 25.2 Å². The van der Waals surface area contributed by atoms with Crippen molar-refractivity contribution < 1.29 is 0 Å². The van der Waals surface area contributed by atoms with Crippen LogP contribution >= 0.6 is 11.6 Å². The molecule has 6 heteroatoms. The molecule has 1 aliphatic rings. The number of imidazole rings is 1. The first-order valence-electron chi connectivity index (χ1n) is 7.70. The first-order valence-corrected chi connectivity index (χ1v) is 8.08. The average Bonchev–Trinajstić information content (AvgIpc) is 2.80. The highest BCUT2D eigenvalue weighted by Gasteiger charge is 2.17. The lowest BCUT2D eigenvalue weighted by atomic mass is 10.0. The van der Waals surface area contributed by atoms with E-state index in [1.54, 1.807) is 0 Å². The van der Waals surface area contributed by atoms with Crippen LogP contribution in [0.1, 0.15) is 25.6 Å². The van der Waals surface area contributed by atoms with E-state index < -0.39 is 0 Å². The highest BCUT2D eigenvalue weighted by molar-refractivity contribution is 6.31. The predicted molar refractivity (Wildman–Crippen MR) is 91.0 cm³/mol. The molecule has 1 unspecified atom stereocenters. The fourth-order valence-electron chi connectivity index (χ4n) is 3.01. The van der Waals surface area contributed by atoms with Crippen LogP contribution in [-0.4, -0.2) is 33.5 Å². The zero-order chi connectivity index (χ0) is 15.7. The van der Waals surface area contributed by atoms with Gasteiger partial charge in [0.1, 0.15) is 12.4 Å². The number of aryl methyl sites for hydroxylation is 1. The molecule has 1 fully saturated rings. The third kappa shape index (κ3) is 3.04. The summed E-state index contributed by atoms with van der Waals surface area (Å²) in [6, 6.07) is 5.73. The number of benzene rings is 1. The Morgan fingerprint density at radius 2 is 2.32 bits per heavy atom. The van der Waals surface area contributed by atoms with E-state index in [9.17, 15) is 0 Å². The molecule has 0 bridgehead atoms. The lowest BCUT2D eigenvalue weighted by Crippen LogP contribution is -2.43. The molecule has 0 aliphatic carbocycles. The van der Waals surface area contributed by atoms with Gasteiger partial charge in [-0.3, -0.25) is 0 Å². The van der Waals surface area contributed by atoms with Gasteiger partial charge in [0.25, 0.3) is 0 Å². The second-order valence-corrected chi connectivity index (χ2v) is 6.52. The van der Waals surface area contributed by atoms with Crippen LogP contribution in [0.2, 0.25) is 5.02 Å². The van der Waals surface area contributed by atoms with Gasteiger partial charge in [-0.25, -0.2) is 9.98 Å². The van der Waals surface area contributed by atoms with Gasteiger partial charge in [0.15, 0.2) is 5.96 Å². The molecule has 0 spiro atoms. The van der Waals surface area contributed by atoms with E-state index in [0.717, 1.165) is 29.9 Å². The maximum absolute atomic E-state index is 6.14. The number of likely N-dealkylation sites (tertiary alicyclic amines) is 1. The van der Waals surface area contributed by atoms with Crippen molar-refractivity contribution >= 4 is 28.6 Å². The number of nitrogens with zero attached hydrogens (tertiary/aromatic N) is 4. The maximum Gasteiger partial charge on any atom is 0.191 e. The van der Waals surface area contributed by atoms with Gasteiger partial charge < -0.3 is 15.2 Å². The van der Waals surface area contributed by atoms with Gasteiger partial charge >= 0.3 is 0 Å². The quantitative estimate of drug-likeness (QED) is 0.684. The van der Waals surface area contributed by atoms with Gasteiger partial charge in [-0.15, -0.1) is 0 Å². The number of aliphatic imine (C=N–C) groups is 1. The fraction of sp³-hybridized carbons (Fsp3) is 0.500. The molecule has 2 N–H and O–H groups in total. The SMILES string of the molecule is CC1CCCN(C(N)=NCc2nc3cc(Cl)ccc3n2C)C1. The smallest absolute Gasteiger partial charge is 0.191 e. The first kappa shape index (κ1) is 15.2. The van der Waals surface area contributed by atoms with Crippen LogP contribution in [-0.2, 0) is 13.6 Å². The number of guanidine groups is 1. The molecule has 2 aromatic rings. The molecule has 5 nitrogen and oxygen atoms in total. The summed E-state index contributed by atoms with van der Waals surface area (Å²) in [7, 11) is 1.99. The Morgan fingerprint density at radius 1 is 1.50 bits per heavy atom. The van der Waals surface area contributed by atoms with Crippen LogP contribution < -0.4 is 5.73 Å². The number of piperidine rings is 1. The zero-order valence-electron chi connectivity index (χ0n) is 13.1. The Labute approximate surface area is 135 Å². The van der Waals surface area contributed by atoms with Crippen LogP contribution in [0.5, 0.6) is 0 Å². The van der Waals surface area contributed by atoms with Gasteiger partial charge in [0.2, 0.25) is 0 Å². The number of fused-ring (bicyclic) bond motifs is 1. The second-order valence-electron chi connectivity index (χ2n) is 6.09. The van der Waals surface area contributed by atoms with Crippen LogP contribution in [0.3, 0.4) is 0 Å². The standard InChI is InChI=1S/C16H22ClN5/c1-11-4-3-7-22(10-11)16(18)19-9-15-20-13-8-12(17)5-6-14(13)21(15)2/h5-6,8,11H,3-4,7,9-10H2,1-2H3,(H2,18,19). The number of aromatic nitrogens is 2. The summed E-state index contributed by atoms with van der Waals surface area (Å²) >= 11 is 6.02. The third-order valence-electron chi connectivity index (χ3n) is 4.30. The Bertz CT molecular complexity index is 706. The van der Waals surface area contributed by atoms with Crippen LogP contribution in [0.15, 0.2) is 23.2 Å². The minimum Gasteiger partial charge on any atom is -0.370 e. The number of nitrogens with two attached hydrogens (primary N) is 1. The normalized spacial score (nSPS) is 19.9. The van der Waals surface area contributed by atoms with Crippen molar-refractivity contribution in [2.75, 3.05) is 13.1 Å². The van der Waals surface area contributed by atoms with Gasteiger partial charge in [0.05, 0.1) is 11.0 Å². The van der Waals surface area contributed by atoms with Crippen LogP contribution in [0.25, 0.3) is 11.0 Å². The lowest BCUT2D eigenvalue weighted by molar-refractivity contribution is 0.270. The van der Waals surface area contributed by atoms with Gasteiger partial charge in [-0.2, -0.15) is 0 Å². The Kier molecular flexibility index (Phi) is 4.25. The Balaban J connectivity index is 1.78. The molecular weight excluding hydrogens is 298 g/mol. The number of hydrogen-bond acceptors (Lipinski definition) is 2.